The Morgan fingerprint density at radius 2 is 1.89 bits per heavy atom. The molecule has 1 aliphatic heterocycles. The van der Waals surface area contributed by atoms with E-state index in [4.69, 9.17) is 9.47 Å². The highest BCUT2D eigenvalue weighted by molar-refractivity contribution is 5.48. The minimum atomic E-state index is 0.467. The van der Waals surface area contributed by atoms with Crippen LogP contribution >= 0.6 is 0 Å². The van der Waals surface area contributed by atoms with Gasteiger partial charge >= 0.3 is 0 Å². The Kier molecular flexibility index (Phi) is 3.96. The molecule has 0 amide bonds. The van der Waals surface area contributed by atoms with Crippen LogP contribution in [0, 0.1) is 20.8 Å². The topological polar surface area (TPSA) is 21.8 Å². The van der Waals surface area contributed by atoms with Gasteiger partial charge in [-0.05, 0) is 75.8 Å². The standard InChI is InChI=1S/C16H24O2/c1-6-17-16-9-10(2)14(11(3)12(16)4)7-8-15-13(5)18-15/h9,13,15H,6-8H2,1-5H3. The zero-order chi connectivity index (χ0) is 13.3. The second-order valence-electron chi connectivity index (χ2n) is 5.27. The van der Waals surface area contributed by atoms with Crippen LogP contribution in [0.1, 0.15) is 42.5 Å². The van der Waals surface area contributed by atoms with Gasteiger partial charge in [-0.15, -0.1) is 0 Å². The van der Waals surface area contributed by atoms with Gasteiger partial charge in [0.25, 0.3) is 0 Å². The van der Waals surface area contributed by atoms with Gasteiger partial charge in [-0.1, -0.05) is 0 Å². The molecule has 2 rings (SSSR count). The molecule has 0 N–H and O–H groups in total. The average molecular weight is 248 g/mol. The first-order chi connectivity index (χ1) is 8.54. The molecule has 1 aliphatic rings. The third-order valence-corrected chi connectivity index (χ3v) is 4.02. The minimum absolute atomic E-state index is 0.467. The Morgan fingerprint density at radius 3 is 2.44 bits per heavy atom. The lowest BCUT2D eigenvalue weighted by Gasteiger charge is -2.16. The summed E-state index contributed by atoms with van der Waals surface area (Å²) in [4.78, 5) is 0. The van der Waals surface area contributed by atoms with Gasteiger partial charge in [-0.3, -0.25) is 0 Å². The summed E-state index contributed by atoms with van der Waals surface area (Å²) in [6, 6.07) is 2.18. The molecule has 1 aromatic carbocycles. The molecule has 18 heavy (non-hydrogen) atoms. The van der Waals surface area contributed by atoms with Crippen LogP contribution in [-0.2, 0) is 11.2 Å². The largest absolute Gasteiger partial charge is 0.494 e. The monoisotopic (exact) mass is 248 g/mol. The molecule has 2 unspecified atom stereocenters. The zero-order valence-electron chi connectivity index (χ0n) is 12.2. The normalized spacial score (nSPS) is 22.1. The van der Waals surface area contributed by atoms with Crippen LogP contribution in [0.15, 0.2) is 6.07 Å². The number of ether oxygens (including phenoxy) is 2. The van der Waals surface area contributed by atoms with E-state index in [1.54, 1.807) is 0 Å². The lowest BCUT2D eigenvalue weighted by atomic mass is 9.93. The van der Waals surface area contributed by atoms with E-state index >= 15 is 0 Å². The molecule has 0 radical (unpaired) electrons. The molecule has 1 fully saturated rings. The van der Waals surface area contributed by atoms with Crippen LogP contribution in [0.5, 0.6) is 5.75 Å². The first kappa shape index (κ1) is 13.4. The number of aryl methyl sites for hydroxylation is 1. The Hall–Kier alpha value is -1.02. The maximum absolute atomic E-state index is 5.68. The van der Waals surface area contributed by atoms with E-state index in [2.05, 4.69) is 33.8 Å². The molecular weight excluding hydrogens is 224 g/mol. The van der Waals surface area contributed by atoms with Crippen molar-refractivity contribution in [2.75, 3.05) is 6.61 Å². The summed E-state index contributed by atoms with van der Waals surface area (Å²) in [6.45, 7) is 11.4. The SMILES string of the molecule is CCOc1cc(C)c(CCC2OC2C)c(C)c1C. The lowest BCUT2D eigenvalue weighted by Crippen LogP contribution is -2.03. The third kappa shape index (κ3) is 2.69. The van der Waals surface area contributed by atoms with E-state index in [1.807, 2.05) is 6.92 Å². The molecular formula is C16H24O2. The van der Waals surface area contributed by atoms with Crippen molar-refractivity contribution in [1.82, 2.24) is 0 Å². The summed E-state index contributed by atoms with van der Waals surface area (Å²) in [5, 5.41) is 0. The number of hydrogen-bond donors (Lipinski definition) is 0. The summed E-state index contributed by atoms with van der Waals surface area (Å²) in [7, 11) is 0. The predicted molar refractivity (Wildman–Crippen MR) is 74.5 cm³/mol. The summed E-state index contributed by atoms with van der Waals surface area (Å²) in [5.41, 5.74) is 5.47. The highest BCUT2D eigenvalue weighted by atomic mass is 16.6. The number of benzene rings is 1. The van der Waals surface area contributed by atoms with E-state index in [9.17, 15) is 0 Å². The van der Waals surface area contributed by atoms with Crippen LogP contribution < -0.4 is 4.74 Å². The number of epoxide rings is 1. The number of hydrogen-bond acceptors (Lipinski definition) is 2. The van der Waals surface area contributed by atoms with Crippen LogP contribution in [0.3, 0.4) is 0 Å². The second kappa shape index (κ2) is 5.31. The van der Waals surface area contributed by atoms with Gasteiger partial charge in [0, 0.05) is 0 Å². The van der Waals surface area contributed by atoms with Gasteiger partial charge in [0.05, 0.1) is 18.8 Å². The van der Waals surface area contributed by atoms with Crippen molar-refractivity contribution >= 4 is 0 Å². The van der Waals surface area contributed by atoms with E-state index in [1.165, 1.54) is 22.3 Å². The summed E-state index contributed by atoms with van der Waals surface area (Å²) >= 11 is 0. The Labute approximate surface area is 110 Å². The zero-order valence-corrected chi connectivity index (χ0v) is 12.2. The fraction of sp³-hybridized carbons (Fsp3) is 0.625. The van der Waals surface area contributed by atoms with Crippen LogP contribution in [0.2, 0.25) is 0 Å². The molecule has 0 bridgehead atoms. The van der Waals surface area contributed by atoms with E-state index in [-0.39, 0.29) is 0 Å². The van der Waals surface area contributed by atoms with Crippen molar-refractivity contribution in [3.63, 3.8) is 0 Å². The lowest BCUT2D eigenvalue weighted by molar-refractivity contribution is 0.337. The maximum atomic E-state index is 5.68. The second-order valence-corrected chi connectivity index (χ2v) is 5.27. The molecule has 2 atom stereocenters. The maximum Gasteiger partial charge on any atom is 0.122 e. The van der Waals surface area contributed by atoms with Crippen molar-refractivity contribution < 1.29 is 9.47 Å². The number of rotatable bonds is 5. The van der Waals surface area contributed by atoms with Crippen LogP contribution in [0.4, 0.5) is 0 Å². The molecule has 1 aromatic rings. The molecule has 0 aromatic heterocycles. The third-order valence-electron chi connectivity index (χ3n) is 4.02. The highest BCUT2D eigenvalue weighted by Gasteiger charge is 2.33. The first-order valence-corrected chi connectivity index (χ1v) is 6.92. The average Bonchev–Trinajstić information content (AvgIpc) is 3.02. The van der Waals surface area contributed by atoms with Crippen molar-refractivity contribution in [3.8, 4) is 5.75 Å². The van der Waals surface area contributed by atoms with Crippen LogP contribution in [0.25, 0.3) is 0 Å². The molecule has 2 nitrogen and oxygen atoms in total. The van der Waals surface area contributed by atoms with Crippen molar-refractivity contribution in [1.29, 1.82) is 0 Å². The summed E-state index contributed by atoms with van der Waals surface area (Å²) in [6.07, 6.45) is 3.20. The van der Waals surface area contributed by atoms with Gasteiger partial charge in [-0.25, -0.2) is 0 Å². The molecule has 0 aliphatic carbocycles. The van der Waals surface area contributed by atoms with E-state index in [0.717, 1.165) is 25.2 Å². The molecule has 100 valence electrons. The highest BCUT2D eigenvalue weighted by Crippen LogP contribution is 2.31. The molecule has 0 spiro atoms. The molecule has 1 saturated heterocycles. The smallest absolute Gasteiger partial charge is 0.122 e. The van der Waals surface area contributed by atoms with Crippen molar-refractivity contribution in [3.05, 3.63) is 28.3 Å². The van der Waals surface area contributed by atoms with Gasteiger partial charge in [0.1, 0.15) is 5.75 Å². The van der Waals surface area contributed by atoms with Gasteiger partial charge in [0.2, 0.25) is 0 Å². The van der Waals surface area contributed by atoms with Crippen molar-refractivity contribution in [2.45, 2.75) is 59.7 Å². The molecule has 0 saturated carbocycles. The molecule has 2 heteroatoms. The quantitative estimate of drug-likeness (QED) is 0.741. The van der Waals surface area contributed by atoms with Gasteiger partial charge in [-0.2, -0.15) is 0 Å². The fourth-order valence-corrected chi connectivity index (χ4v) is 2.61. The summed E-state index contributed by atoms with van der Waals surface area (Å²) in [5.74, 6) is 1.03. The first-order valence-electron chi connectivity index (χ1n) is 6.92. The Bertz CT molecular complexity index is 437. The van der Waals surface area contributed by atoms with E-state index in [0.29, 0.717) is 12.2 Å². The fourth-order valence-electron chi connectivity index (χ4n) is 2.61. The Balaban J connectivity index is 2.16. The van der Waals surface area contributed by atoms with Gasteiger partial charge < -0.3 is 9.47 Å². The summed E-state index contributed by atoms with van der Waals surface area (Å²) < 4.78 is 11.2. The van der Waals surface area contributed by atoms with E-state index < -0.39 is 0 Å². The molecule has 1 heterocycles. The van der Waals surface area contributed by atoms with Crippen LogP contribution in [-0.4, -0.2) is 18.8 Å². The predicted octanol–water partition coefficient (Wildman–Crippen LogP) is 3.73. The Morgan fingerprint density at radius 1 is 1.22 bits per heavy atom. The van der Waals surface area contributed by atoms with Crippen molar-refractivity contribution in [2.24, 2.45) is 0 Å². The van der Waals surface area contributed by atoms with Gasteiger partial charge in [0.15, 0.2) is 0 Å². The minimum Gasteiger partial charge on any atom is -0.494 e.